The van der Waals surface area contributed by atoms with Gasteiger partial charge >= 0.3 is 0 Å². The number of nitrogens with zero attached hydrogens (tertiary/aromatic N) is 4. The summed E-state index contributed by atoms with van der Waals surface area (Å²) in [4.78, 5) is 24.6. The second-order valence-electron chi connectivity index (χ2n) is 9.91. The summed E-state index contributed by atoms with van der Waals surface area (Å²) >= 11 is 0. The molecule has 0 aromatic carbocycles. The van der Waals surface area contributed by atoms with E-state index < -0.39 is 0 Å². The summed E-state index contributed by atoms with van der Waals surface area (Å²) < 4.78 is 0. The molecule has 34 heavy (non-hydrogen) atoms. The van der Waals surface area contributed by atoms with Crippen LogP contribution in [0.4, 0.5) is 11.6 Å². The first-order chi connectivity index (χ1) is 16.6. The Labute approximate surface area is 200 Å². The Hall–Kier alpha value is -2.96. The van der Waals surface area contributed by atoms with E-state index in [2.05, 4.69) is 50.4 Å². The summed E-state index contributed by atoms with van der Waals surface area (Å²) in [6, 6.07) is 9.36. The molecule has 4 N–H and O–H groups in total. The number of unbranched alkanes of at least 4 members (excludes halogenated alkanes) is 1. The van der Waals surface area contributed by atoms with Crippen LogP contribution in [0.2, 0.25) is 0 Å². The minimum absolute atomic E-state index is 0.117. The number of amides is 1. The molecule has 5 atom stereocenters. The standard InChI is InChI=1S/C25H34N8O/c1-16-12-23(32-31-16)29-22-15-21-20(8-5-11-27-21)25(30-22)28-17-13-18-6-4-7-19(14-17)33(18)24(34)9-2-3-10-26/h5,8,11,15-19,23,31-32H,2-4,6-7,9,12-14H2,1H3,(H2,28,29,30)/t16?,17?,18-,19+,23?. The Kier molecular flexibility index (Phi) is 6.79. The molecule has 0 spiro atoms. The first-order valence-corrected chi connectivity index (χ1v) is 12.6. The molecule has 2 aromatic rings. The van der Waals surface area contributed by atoms with Gasteiger partial charge in [0.15, 0.2) is 0 Å². The van der Waals surface area contributed by atoms with E-state index in [0.717, 1.165) is 54.6 Å². The van der Waals surface area contributed by atoms with Crippen molar-refractivity contribution >= 4 is 28.4 Å². The summed E-state index contributed by atoms with van der Waals surface area (Å²) in [5.41, 5.74) is 7.42. The van der Waals surface area contributed by atoms with E-state index in [9.17, 15) is 4.79 Å². The molecule has 180 valence electrons. The number of piperidine rings is 2. The Balaban J connectivity index is 1.32. The smallest absolute Gasteiger partial charge is 0.223 e. The van der Waals surface area contributed by atoms with E-state index in [1.807, 2.05) is 18.3 Å². The number of nitriles is 1. The van der Waals surface area contributed by atoms with Crippen molar-refractivity contribution in [3.05, 3.63) is 24.4 Å². The van der Waals surface area contributed by atoms with Crippen LogP contribution >= 0.6 is 0 Å². The fraction of sp³-hybridized carbons (Fsp3) is 0.600. The number of hydrogen-bond donors (Lipinski definition) is 4. The second kappa shape index (κ2) is 10.1. The van der Waals surface area contributed by atoms with Gasteiger partial charge in [-0.2, -0.15) is 5.26 Å². The zero-order chi connectivity index (χ0) is 23.5. The van der Waals surface area contributed by atoms with E-state index in [1.165, 1.54) is 6.42 Å². The van der Waals surface area contributed by atoms with E-state index in [-0.39, 0.29) is 30.2 Å². The van der Waals surface area contributed by atoms with Crippen LogP contribution in [-0.2, 0) is 4.79 Å². The number of carbonyl (C=O) groups excluding carboxylic acids is 1. The SMILES string of the molecule is CC1CC(Nc2cc3ncccc3c(NC3C[C@H]4CCC[C@@H](C3)N4C(=O)CCCC#N)n2)NN1. The highest BCUT2D eigenvalue weighted by Gasteiger charge is 2.40. The van der Waals surface area contributed by atoms with Crippen LogP contribution in [0.5, 0.6) is 0 Å². The molecule has 3 aliphatic rings. The summed E-state index contributed by atoms with van der Waals surface area (Å²) in [5.74, 6) is 1.87. The maximum atomic E-state index is 12.9. The van der Waals surface area contributed by atoms with Crippen molar-refractivity contribution in [2.45, 2.75) is 95.0 Å². The predicted octanol–water partition coefficient (Wildman–Crippen LogP) is 3.27. The van der Waals surface area contributed by atoms with Crippen LogP contribution in [0.15, 0.2) is 24.4 Å². The van der Waals surface area contributed by atoms with E-state index >= 15 is 0 Å². The molecule has 5 heterocycles. The van der Waals surface area contributed by atoms with Crippen molar-refractivity contribution in [2.24, 2.45) is 0 Å². The van der Waals surface area contributed by atoms with Gasteiger partial charge in [-0.15, -0.1) is 0 Å². The average molecular weight is 463 g/mol. The van der Waals surface area contributed by atoms with Crippen LogP contribution < -0.4 is 21.5 Å². The molecular formula is C25H34N8O. The molecule has 1 amide bonds. The molecule has 5 rings (SSSR count). The summed E-state index contributed by atoms with van der Waals surface area (Å²) in [6.07, 6.45) is 9.60. The number of hydrazine groups is 1. The zero-order valence-electron chi connectivity index (χ0n) is 19.8. The Bertz CT molecular complexity index is 1050. The van der Waals surface area contributed by atoms with Crippen molar-refractivity contribution in [1.82, 2.24) is 25.7 Å². The molecule has 9 nitrogen and oxygen atoms in total. The topological polar surface area (TPSA) is 118 Å². The Morgan fingerprint density at radius 1 is 1.24 bits per heavy atom. The van der Waals surface area contributed by atoms with Crippen molar-refractivity contribution in [3.63, 3.8) is 0 Å². The van der Waals surface area contributed by atoms with Crippen LogP contribution in [0.3, 0.4) is 0 Å². The van der Waals surface area contributed by atoms with Gasteiger partial charge in [0.1, 0.15) is 11.6 Å². The first-order valence-electron chi connectivity index (χ1n) is 12.6. The number of hydrogen-bond acceptors (Lipinski definition) is 8. The third kappa shape index (κ3) is 4.93. The number of carbonyl (C=O) groups is 1. The lowest BCUT2D eigenvalue weighted by atomic mass is 9.81. The highest BCUT2D eigenvalue weighted by molar-refractivity contribution is 5.91. The highest BCUT2D eigenvalue weighted by atomic mass is 16.2. The molecule has 0 radical (unpaired) electrons. The lowest BCUT2D eigenvalue weighted by molar-refractivity contribution is -0.141. The second-order valence-corrected chi connectivity index (χ2v) is 9.91. The van der Waals surface area contributed by atoms with E-state index in [0.29, 0.717) is 25.3 Å². The monoisotopic (exact) mass is 462 g/mol. The molecule has 9 heteroatoms. The third-order valence-electron chi connectivity index (χ3n) is 7.30. The minimum Gasteiger partial charge on any atom is -0.367 e. The summed E-state index contributed by atoms with van der Waals surface area (Å²) in [5, 5.41) is 17.0. The largest absolute Gasteiger partial charge is 0.367 e. The number of fused-ring (bicyclic) bond motifs is 3. The van der Waals surface area contributed by atoms with E-state index in [1.54, 1.807) is 0 Å². The molecular weight excluding hydrogens is 428 g/mol. The number of pyridine rings is 2. The van der Waals surface area contributed by atoms with Gasteiger partial charge in [0.25, 0.3) is 0 Å². The van der Waals surface area contributed by atoms with Crippen LogP contribution in [0, 0.1) is 11.3 Å². The fourth-order valence-electron chi connectivity index (χ4n) is 5.79. The number of aromatic nitrogens is 2. The zero-order valence-corrected chi connectivity index (χ0v) is 19.8. The van der Waals surface area contributed by atoms with Gasteiger partial charge < -0.3 is 15.5 Å². The van der Waals surface area contributed by atoms with Gasteiger partial charge in [0.05, 0.1) is 17.8 Å². The van der Waals surface area contributed by atoms with Gasteiger partial charge in [-0.25, -0.2) is 10.4 Å². The summed E-state index contributed by atoms with van der Waals surface area (Å²) in [7, 11) is 0. The van der Waals surface area contributed by atoms with Gasteiger partial charge in [-0.05, 0) is 64.0 Å². The third-order valence-corrected chi connectivity index (χ3v) is 7.30. The molecule has 2 aromatic heterocycles. The average Bonchev–Trinajstić information content (AvgIpc) is 3.23. The molecule has 2 bridgehead atoms. The maximum Gasteiger partial charge on any atom is 0.223 e. The normalized spacial score (nSPS) is 28.5. The Morgan fingerprint density at radius 2 is 2.06 bits per heavy atom. The highest BCUT2D eigenvalue weighted by Crippen LogP contribution is 2.36. The van der Waals surface area contributed by atoms with Crippen molar-refractivity contribution in [2.75, 3.05) is 10.6 Å². The van der Waals surface area contributed by atoms with Gasteiger partial charge in [-0.3, -0.25) is 15.2 Å². The predicted molar refractivity (Wildman–Crippen MR) is 132 cm³/mol. The minimum atomic E-state index is 0.117. The number of nitrogens with one attached hydrogen (secondary N) is 4. The van der Waals surface area contributed by atoms with Gasteiger partial charge in [0, 0.05) is 54.7 Å². The first kappa shape index (κ1) is 22.8. The van der Waals surface area contributed by atoms with Crippen LogP contribution in [0.25, 0.3) is 10.9 Å². The fourth-order valence-corrected chi connectivity index (χ4v) is 5.79. The van der Waals surface area contributed by atoms with Crippen LogP contribution in [0.1, 0.15) is 64.7 Å². The Morgan fingerprint density at radius 3 is 2.79 bits per heavy atom. The molecule has 0 saturated carbocycles. The molecule has 3 aliphatic heterocycles. The van der Waals surface area contributed by atoms with Crippen molar-refractivity contribution < 1.29 is 4.79 Å². The van der Waals surface area contributed by atoms with Gasteiger partial charge in [0.2, 0.25) is 5.91 Å². The quantitative estimate of drug-likeness (QED) is 0.463. The molecule has 3 unspecified atom stereocenters. The van der Waals surface area contributed by atoms with Gasteiger partial charge in [-0.1, -0.05) is 0 Å². The van der Waals surface area contributed by atoms with E-state index in [4.69, 9.17) is 10.2 Å². The number of anilines is 2. The lowest BCUT2D eigenvalue weighted by Crippen LogP contribution is -2.57. The maximum absolute atomic E-state index is 12.9. The lowest BCUT2D eigenvalue weighted by Gasteiger charge is -2.49. The molecule has 0 aliphatic carbocycles. The number of rotatable bonds is 7. The van der Waals surface area contributed by atoms with Crippen molar-refractivity contribution in [3.8, 4) is 6.07 Å². The molecule has 3 fully saturated rings. The van der Waals surface area contributed by atoms with Crippen LogP contribution in [-0.4, -0.2) is 51.1 Å². The molecule has 3 saturated heterocycles. The van der Waals surface area contributed by atoms with Crippen molar-refractivity contribution in [1.29, 1.82) is 5.26 Å². The summed E-state index contributed by atoms with van der Waals surface area (Å²) in [6.45, 7) is 2.15.